The molecule has 0 unspecified atom stereocenters. The number of nitro benzene ring substituents is 1. The van der Waals surface area contributed by atoms with Crippen LogP contribution in [0.25, 0.3) is 28.1 Å². The molecule has 0 spiro atoms. The first-order valence-electron chi connectivity index (χ1n) is 9.75. The molecule has 0 amide bonds. The van der Waals surface area contributed by atoms with Crippen LogP contribution in [0.15, 0.2) is 84.1 Å². The minimum absolute atomic E-state index is 0.00751. The molecule has 10 heteroatoms. The summed E-state index contributed by atoms with van der Waals surface area (Å²) in [5.74, 6) is 0. The molecule has 3 aromatic heterocycles. The van der Waals surface area contributed by atoms with Crippen LogP contribution in [-0.2, 0) is 7.05 Å². The monoisotopic (exact) mass is 425 g/mol. The summed E-state index contributed by atoms with van der Waals surface area (Å²) >= 11 is 0. The van der Waals surface area contributed by atoms with Gasteiger partial charge in [0.15, 0.2) is 0 Å². The van der Waals surface area contributed by atoms with E-state index < -0.39 is 4.92 Å². The van der Waals surface area contributed by atoms with Gasteiger partial charge in [-0.1, -0.05) is 41.5 Å². The average molecular weight is 425 g/mol. The molecule has 3 heterocycles. The molecule has 5 rings (SSSR count). The van der Waals surface area contributed by atoms with Crippen molar-refractivity contribution in [2.24, 2.45) is 12.1 Å². The number of non-ortho nitro benzene ring substituents is 1. The number of hydrogen-bond donors (Lipinski definition) is 1. The Balaban J connectivity index is 1.75. The number of benzene rings is 2. The molecule has 32 heavy (non-hydrogen) atoms. The summed E-state index contributed by atoms with van der Waals surface area (Å²) in [6.07, 6.45) is 1.82. The lowest BCUT2D eigenvalue weighted by Gasteiger charge is -2.07. The van der Waals surface area contributed by atoms with E-state index in [2.05, 4.69) is 10.5 Å². The van der Waals surface area contributed by atoms with Gasteiger partial charge in [-0.05, 0) is 23.2 Å². The van der Waals surface area contributed by atoms with E-state index in [4.69, 9.17) is 15.2 Å². The van der Waals surface area contributed by atoms with Gasteiger partial charge in [0.1, 0.15) is 17.2 Å². The third-order valence-electron chi connectivity index (χ3n) is 4.89. The summed E-state index contributed by atoms with van der Waals surface area (Å²) in [4.78, 5) is 15.2. The number of nitrogens with one attached hydrogen (secondary N) is 1. The van der Waals surface area contributed by atoms with Crippen LogP contribution in [0.1, 0.15) is 0 Å². The number of pyridine rings is 1. The van der Waals surface area contributed by atoms with Gasteiger partial charge in [-0.2, -0.15) is 10.2 Å². The van der Waals surface area contributed by atoms with E-state index >= 15 is 0 Å². The third kappa shape index (κ3) is 3.49. The Morgan fingerprint density at radius 2 is 1.78 bits per heavy atom. The Morgan fingerprint density at radius 3 is 2.53 bits per heavy atom. The Kier molecular flexibility index (Phi) is 4.71. The van der Waals surface area contributed by atoms with Crippen molar-refractivity contribution in [2.75, 3.05) is 5.43 Å². The van der Waals surface area contributed by atoms with E-state index in [1.165, 1.54) is 12.1 Å². The predicted octanol–water partition coefficient (Wildman–Crippen LogP) is 2.61. The lowest BCUT2D eigenvalue weighted by atomic mass is 10.1. The van der Waals surface area contributed by atoms with Crippen LogP contribution in [-0.4, -0.2) is 24.8 Å². The number of nitrogens with zero attached hydrogens (tertiary/aromatic N) is 7. The van der Waals surface area contributed by atoms with E-state index in [-0.39, 0.29) is 5.69 Å². The van der Waals surface area contributed by atoms with Crippen molar-refractivity contribution < 1.29 is 9.44 Å². The van der Waals surface area contributed by atoms with Crippen LogP contribution in [0, 0.1) is 10.1 Å². The van der Waals surface area contributed by atoms with Crippen LogP contribution < -0.4 is 15.3 Å². The van der Waals surface area contributed by atoms with Crippen molar-refractivity contribution in [3.63, 3.8) is 0 Å². The number of hydrogen-bond acceptors (Lipinski definition) is 7. The second-order valence-corrected chi connectivity index (χ2v) is 7.00. The molecule has 10 nitrogen and oxygen atoms in total. The van der Waals surface area contributed by atoms with E-state index in [9.17, 15) is 10.1 Å². The van der Waals surface area contributed by atoms with E-state index in [1.807, 2.05) is 61.8 Å². The molecule has 5 aromatic rings. The van der Waals surface area contributed by atoms with E-state index in [0.29, 0.717) is 33.5 Å². The van der Waals surface area contributed by atoms with Crippen molar-refractivity contribution in [3.05, 3.63) is 94.5 Å². The zero-order chi connectivity index (χ0) is 22.1. The average Bonchev–Trinajstić information content (AvgIpc) is 2.83. The van der Waals surface area contributed by atoms with Gasteiger partial charge in [-0.3, -0.25) is 15.5 Å². The highest BCUT2D eigenvalue weighted by Crippen LogP contribution is 2.17. The topological polar surface area (TPSA) is 115 Å². The highest BCUT2D eigenvalue weighted by Gasteiger charge is 2.19. The summed E-state index contributed by atoms with van der Waals surface area (Å²) in [5.41, 5.74) is 6.87. The molecular weight excluding hydrogens is 408 g/mol. The first-order valence-corrected chi connectivity index (χ1v) is 9.75. The second kappa shape index (κ2) is 7.84. The van der Waals surface area contributed by atoms with Crippen LogP contribution in [0.5, 0.6) is 0 Å². The Morgan fingerprint density at radius 1 is 1.03 bits per heavy atom. The molecule has 0 aliphatic rings. The maximum Gasteiger partial charge on any atom is 0.350 e. The standard InChI is InChI=1S/C22H17N8O2/c1-28-22-21(27-29-14-6-5-9-18(29)23-22)20(19(26-28)15-7-3-2-4-8-15)25-24-16-10-12-17(13-11-16)30(31)32/h2-14,24H,1H3/q+1/b25-20-. The van der Waals surface area contributed by atoms with Crippen LogP contribution in [0.2, 0.25) is 0 Å². The molecule has 0 fully saturated rings. The molecule has 0 bridgehead atoms. The predicted molar refractivity (Wildman–Crippen MR) is 117 cm³/mol. The van der Waals surface area contributed by atoms with Crippen molar-refractivity contribution >= 4 is 28.2 Å². The number of nitro groups is 1. The minimum atomic E-state index is -0.443. The molecule has 1 N–H and O–H groups in total. The summed E-state index contributed by atoms with van der Waals surface area (Å²) in [5, 5.41) is 25.5. The van der Waals surface area contributed by atoms with Crippen molar-refractivity contribution in [1.82, 2.24) is 19.9 Å². The van der Waals surface area contributed by atoms with E-state index in [1.54, 1.807) is 21.3 Å². The van der Waals surface area contributed by atoms with Gasteiger partial charge in [0.05, 0.1) is 10.6 Å². The van der Waals surface area contributed by atoms with Gasteiger partial charge in [0.25, 0.3) is 11.3 Å². The molecule has 0 saturated carbocycles. The van der Waals surface area contributed by atoms with Crippen molar-refractivity contribution in [1.29, 1.82) is 0 Å². The number of fused-ring (bicyclic) bond motifs is 2. The van der Waals surface area contributed by atoms with Gasteiger partial charge in [-0.15, -0.1) is 4.52 Å². The first-order chi connectivity index (χ1) is 15.6. The van der Waals surface area contributed by atoms with Gasteiger partial charge >= 0.3 is 5.65 Å². The molecule has 0 aliphatic carbocycles. The second-order valence-electron chi connectivity index (χ2n) is 7.00. The number of anilines is 1. The maximum absolute atomic E-state index is 10.9. The van der Waals surface area contributed by atoms with Crippen LogP contribution in [0.3, 0.4) is 0 Å². The normalized spacial score (nSPS) is 11.7. The first kappa shape index (κ1) is 19.2. The molecular formula is C22H17N8O2+. The third-order valence-corrected chi connectivity index (χ3v) is 4.89. The Hall–Kier alpha value is -4.73. The van der Waals surface area contributed by atoms with E-state index in [0.717, 1.165) is 5.56 Å². The van der Waals surface area contributed by atoms with Crippen molar-refractivity contribution in [3.8, 4) is 11.3 Å². The van der Waals surface area contributed by atoms with Gasteiger partial charge in [-0.25, -0.2) is 4.68 Å². The fraction of sp³-hybridized carbons (Fsp3) is 0.0455. The Labute approximate surface area is 181 Å². The number of aromatic nitrogens is 5. The van der Waals surface area contributed by atoms with Crippen LogP contribution in [0.4, 0.5) is 11.4 Å². The van der Waals surface area contributed by atoms with Crippen LogP contribution >= 0.6 is 0 Å². The fourth-order valence-corrected chi connectivity index (χ4v) is 3.32. The summed E-state index contributed by atoms with van der Waals surface area (Å²) in [6.45, 7) is 0. The Bertz CT molecular complexity index is 1530. The highest BCUT2D eigenvalue weighted by molar-refractivity contribution is 5.75. The molecule has 0 radical (unpaired) electrons. The van der Waals surface area contributed by atoms with Gasteiger partial charge in [0, 0.05) is 30.8 Å². The number of aryl methyl sites for hydroxylation is 1. The lowest BCUT2D eigenvalue weighted by Crippen LogP contribution is -2.31. The lowest BCUT2D eigenvalue weighted by molar-refractivity contribution is -0.580. The largest absolute Gasteiger partial charge is 0.350 e. The quantitative estimate of drug-likeness (QED) is 0.205. The molecule has 156 valence electrons. The SMILES string of the molecule is Cn1nc(-c2ccccc2)/c(=N/Nc2ccc([N+](=O)[O-])cc2)c2n[n+]3ccccc3nc21. The molecule has 0 aliphatic heterocycles. The minimum Gasteiger partial charge on any atom is -0.278 e. The molecule has 2 aromatic carbocycles. The summed E-state index contributed by atoms with van der Waals surface area (Å²) < 4.78 is 3.37. The zero-order valence-corrected chi connectivity index (χ0v) is 17.0. The smallest absolute Gasteiger partial charge is 0.278 e. The zero-order valence-electron chi connectivity index (χ0n) is 17.0. The summed E-state index contributed by atoms with van der Waals surface area (Å²) in [7, 11) is 1.82. The summed E-state index contributed by atoms with van der Waals surface area (Å²) in [6, 6.07) is 21.3. The fourth-order valence-electron chi connectivity index (χ4n) is 3.32. The van der Waals surface area contributed by atoms with Gasteiger partial charge in [0.2, 0.25) is 5.52 Å². The van der Waals surface area contributed by atoms with Gasteiger partial charge < -0.3 is 0 Å². The number of rotatable bonds is 4. The highest BCUT2D eigenvalue weighted by atomic mass is 16.6. The molecule has 0 saturated heterocycles. The van der Waals surface area contributed by atoms with Crippen molar-refractivity contribution in [2.45, 2.75) is 0 Å². The maximum atomic E-state index is 10.9. The molecule has 0 atom stereocenters.